The molecule has 0 aliphatic carbocycles. The first-order chi connectivity index (χ1) is 9.49. The Morgan fingerprint density at radius 2 is 2.00 bits per heavy atom. The Hall–Kier alpha value is -1.09. The summed E-state index contributed by atoms with van der Waals surface area (Å²) in [6, 6.07) is 5.35. The summed E-state index contributed by atoms with van der Waals surface area (Å²) in [5.74, 6) is -0.152. The number of hydrogen-bond donors (Lipinski definition) is 1. The minimum atomic E-state index is -0.152. The van der Waals surface area contributed by atoms with Gasteiger partial charge in [-0.3, -0.25) is 0 Å². The van der Waals surface area contributed by atoms with E-state index in [0.29, 0.717) is 5.41 Å². The van der Waals surface area contributed by atoms with Crippen LogP contribution in [0.1, 0.15) is 51.6 Å². The molecule has 1 saturated heterocycles. The summed E-state index contributed by atoms with van der Waals surface area (Å²) in [5, 5.41) is 3.22. The fraction of sp³-hybridized carbons (Fsp3) is 0.647. The minimum absolute atomic E-state index is 0.152. The van der Waals surface area contributed by atoms with Crippen molar-refractivity contribution in [2.24, 2.45) is 5.41 Å². The maximum Gasteiger partial charge on any atom is 0.123 e. The fourth-order valence-corrected chi connectivity index (χ4v) is 2.96. The Bertz CT molecular complexity index is 450. The lowest BCUT2D eigenvalue weighted by atomic mass is 9.78. The third kappa shape index (κ3) is 3.14. The summed E-state index contributed by atoms with van der Waals surface area (Å²) < 4.78 is 13.5. The summed E-state index contributed by atoms with van der Waals surface area (Å²) in [7, 11) is 1.92. The number of nitrogens with zero attached hydrogens (tertiary/aromatic N) is 1. The maximum atomic E-state index is 13.5. The summed E-state index contributed by atoms with van der Waals surface area (Å²) in [6.07, 6.45) is 3.67. The molecular weight excluding hydrogens is 251 g/mol. The summed E-state index contributed by atoms with van der Waals surface area (Å²) in [6.45, 7) is 8.88. The van der Waals surface area contributed by atoms with Crippen molar-refractivity contribution in [3.8, 4) is 0 Å². The van der Waals surface area contributed by atoms with Crippen molar-refractivity contribution in [1.29, 1.82) is 0 Å². The van der Waals surface area contributed by atoms with Gasteiger partial charge in [0.05, 0.1) is 0 Å². The van der Waals surface area contributed by atoms with E-state index in [9.17, 15) is 4.39 Å². The highest BCUT2D eigenvalue weighted by molar-refractivity contribution is 5.55. The number of nitrogens with one attached hydrogen (secondary N) is 1. The lowest BCUT2D eigenvalue weighted by Gasteiger charge is -2.41. The van der Waals surface area contributed by atoms with Crippen molar-refractivity contribution < 1.29 is 4.39 Å². The smallest absolute Gasteiger partial charge is 0.123 e. The predicted molar refractivity (Wildman–Crippen MR) is 83.7 cm³/mol. The average molecular weight is 278 g/mol. The Balaban J connectivity index is 2.21. The van der Waals surface area contributed by atoms with E-state index in [0.717, 1.165) is 18.7 Å². The molecule has 1 N–H and O–H groups in total. The molecule has 0 saturated carbocycles. The molecule has 112 valence electrons. The van der Waals surface area contributed by atoms with Crippen LogP contribution in [0.4, 0.5) is 10.1 Å². The average Bonchev–Trinajstić information content (AvgIpc) is 2.47. The molecule has 0 bridgehead atoms. The number of rotatable bonds is 4. The van der Waals surface area contributed by atoms with Crippen molar-refractivity contribution in [2.75, 3.05) is 25.0 Å². The van der Waals surface area contributed by atoms with Crippen molar-refractivity contribution in [2.45, 2.75) is 46.1 Å². The van der Waals surface area contributed by atoms with Crippen LogP contribution in [0, 0.1) is 11.2 Å². The standard InChI is InChI=1S/C17H27FN2/c1-5-17(3)8-10-20(11-9-17)16-7-6-14(18)12-15(16)13(2)19-4/h6-7,12-13,19H,5,8-11H2,1-4H3. The molecule has 2 rings (SSSR count). The molecular formula is C17H27FN2. The second kappa shape index (κ2) is 6.13. The van der Waals surface area contributed by atoms with Gasteiger partial charge in [-0.05, 0) is 56.0 Å². The van der Waals surface area contributed by atoms with Crippen LogP contribution in [-0.4, -0.2) is 20.1 Å². The molecule has 1 aliphatic rings. The topological polar surface area (TPSA) is 15.3 Å². The van der Waals surface area contributed by atoms with E-state index in [-0.39, 0.29) is 11.9 Å². The Morgan fingerprint density at radius 1 is 1.35 bits per heavy atom. The van der Waals surface area contributed by atoms with Gasteiger partial charge in [-0.2, -0.15) is 0 Å². The quantitative estimate of drug-likeness (QED) is 0.891. The van der Waals surface area contributed by atoms with E-state index in [1.165, 1.54) is 24.9 Å². The van der Waals surface area contributed by atoms with Gasteiger partial charge in [0.25, 0.3) is 0 Å². The zero-order valence-electron chi connectivity index (χ0n) is 13.2. The Labute approximate surface area is 122 Å². The van der Waals surface area contributed by atoms with Crippen LogP contribution in [0.5, 0.6) is 0 Å². The first kappa shape index (κ1) is 15.3. The molecule has 1 heterocycles. The number of hydrogen-bond acceptors (Lipinski definition) is 2. The third-order valence-electron chi connectivity index (χ3n) is 5.05. The first-order valence-electron chi connectivity index (χ1n) is 7.71. The molecule has 3 heteroatoms. The lowest BCUT2D eigenvalue weighted by molar-refractivity contribution is 0.238. The normalized spacial score (nSPS) is 19.9. The number of anilines is 1. The predicted octanol–water partition coefficient (Wildman–Crippen LogP) is 4.12. The second-order valence-electron chi connectivity index (χ2n) is 6.36. The van der Waals surface area contributed by atoms with Crippen LogP contribution >= 0.6 is 0 Å². The minimum Gasteiger partial charge on any atom is -0.371 e. The highest BCUT2D eigenvalue weighted by atomic mass is 19.1. The van der Waals surface area contributed by atoms with Crippen LogP contribution in [0.25, 0.3) is 0 Å². The van der Waals surface area contributed by atoms with Crippen LogP contribution in [-0.2, 0) is 0 Å². The van der Waals surface area contributed by atoms with Crippen molar-refractivity contribution in [3.63, 3.8) is 0 Å². The van der Waals surface area contributed by atoms with Gasteiger partial charge in [0.15, 0.2) is 0 Å². The molecule has 1 unspecified atom stereocenters. The zero-order valence-corrected chi connectivity index (χ0v) is 13.2. The van der Waals surface area contributed by atoms with E-state index in [1.54, 1.807) is 12.1 Å². The zero-order chi connectivity index (χ0) is 14.8. The van der Waals surface area contributed by atoms with E-state index in [2.05, 4.69) is 31.0 Å². The van der Waals surface area contributed by atoms with Crippen molar-refractivity contribution in [3.05, 3.63) is 29.6 Å². The van der Waals surface area contributed by atoms with Gasteiger partial charge in [-0.15, -0.1) is 0 Å². The molecule has 0 aromatic heterocycles. The third-order valence-corrected chi connectivity index (χ3v) is 5.05. The number of halogens is 1. The van der Waals surface area contributed by atoms with Crippen LogP contribution < -0.4 is 10.2 Å². The molecule has 1 aliphatic heterocycles. The number of benzene rings is 1. The van der Waals surface area contributed by atoms with E-state index in [4.69, 9.17) is 0 Å². The molecule has 1 aromatic rings. The van der Waals surface area contributed by atoms with Crippen molar-refractivity contribution in [1.82, 2.24) is 5.32 Å². The van der Waals surface area contributed by atoms with Gasteiger partial charge in [-0.1, -0.05) is 20.3 Å². The lowest BCUT2D eigenvalue weighted by Crippen LogP contribution is -2.39. The SMILES string of the molecule is CCC1(C)CCN(c2ccc(F)cc2C(C)NC)CC1. The highest BCUT2D eigenvalue weighted by Gasteiger charge is 2.29. The summed E-state index contributed by atoms with van der Waals surface area (Å²) in [5.41, 5.74) is 2.73. The fourth-order valence-electron chi connectivity index (χ4n) is 2.96. The molecule has 1 atom stereocenters. The van der Waals surface area contributed by atoms with E-state index in [1.807, 2.05) is 13.1 Å². The molecule has 1 fully saturated rings. The van der Waals surface area contributed by atoms with Crippen LogP contribution in [0.2, 0.25) is 0 Å². The Morgan fingerprint density at radius 3 is 2.55 bits per heavy atom. The van der Waals surface area contributed by atoms with E-state index >= 15 is 0 Å². The van der Waals surface area contributed by atoms with E-state index < -0.39 is 0 Å². The van der Waals surface area contributed by atoms with Gasteiger partial charge < -0.3 is 10.2 Å². The van der Waals surface area contributed by atoms with Crippen molar-refractivity contribution >= 4 is 5.69 Å². The van der Waals surface area contributed by atoms with Gasteiger partial charge in [0, 0.05) is 24.8 Å². The van der Waals surface area contributed by atoms with Gasteiger partial charge in [0.1, 0.15) is 5.82 Å². The highest BCUT2D eigenvalue weighted by Crippen LogP contribution is 2.37. The second-order valence-corrected chi connectivity index (χ2v) is 6.36. The monoisotopic (exact) mass is 278 g/mol. The molecule has 2 nitrogen and oxygen atoms in total. The molecule has 0 spiro atoms. The molecule has 1 aromatic carbocycles. The summed E-state index contributed by atoms with van der Waals surface area (Å²) >= 11 is 0. The largest absolute Gasteiger partial charge is 0.371 e. The van der Waals surface area contributed by atoms with Gasteiger partial charge in [-0.25, -0.2) is 4.39 Å². The molecule has 0 amide bonds. The summed E-state index contributed by atoms with van der Waals surface area (Å²) in [4.78, 5) is 2.42. The van der Waals surface area contributed by atoms with Gasteiger partial charge >= 0.3 is 0 Å². The first-order valence-corrected chi connectivity index (χ1v) is 7.71. The Kier molecular flexibility index (Phi) is 4.69. The van der Waals surface area contributed by atoms with Crippen LogP contribution in [0.3, 0.4) is 0 Å². The number of piperidine rings is 1. The molecule has 20 heavy (non-hydrogen) atoms. The molecule has 0 radical (unpaired) electrons. The van der Waals surface area contributed by atoms with Gasteiger partial charge in [0.2, 0.25) is 0 Å². The maximum absolute atomic E-state index is 13.5. The van der Waals surface area contributed by atoms with Crippen LogP contribution in [0.15, 0.2) is 18.2 Å².